The van der Waals surface area contributed by atoms with E-state index in [-0.39, 0.29) is 17.3 Å². The zero-order valence-electron chi connectivity index (χ0n) is 10.6. The van der Waals surface area contributed by atoms with Crippen molar-refractivity contribution in [3.8, 4) is 11.5 Å². The van der Waals surface area contributed by atoms with Crippen LogP contribution in [0.2, 0.25) is 0 Å². The molecule has 0 saturated heterocycles. The quantitative estimate of drug-likeness (QED) is 0.810. The van der Waals surface area contributed by atoms with Gasteiger partial charge in [0.25, 0.3) is 0 Å². The van der Waals surface area contributed by atoms with Crippen molar-refractivity contribution < 1.29 is 14.6 Å². The lowest BCUT2D eigenvalue weighted by Crippen LogP contribution is -1.85. The molecule has 3 heteroatoms. The second-order valence-corrected chi connectivity index (χ2v) is 4.32. The van der Waals surface area contributed by atoms with Crippen LogP contribution in [0.5, 0.6) is 11.5 Å². The number of hydrogen-bond acceptors (Lipinski definition) is 2. The van der Waals surface area contributed by atoms with Gasteiger partial charge < -0.3 is 10.2 Å². The fourth-order valence-electron chi connectivity index (χ4n) is 1.97. The molecule has 0 fully saturated rings. The lowest BCUT2D eigenvalue weighted by atomic mass is 10.00. The predicted molar refractivity (Wildman–Crippen MR) is 74.3 cm³/mol. The van der Waals surface area contributed by atoms with Gasteiger partial charge in [0.2, 0.25) is 0 Å². The average Bonchev–Trinajstić information content (AvgIpc) is 2.34. The smallest absolute Gasteiger partial charge is 0.123 e. The summed E-state index contributed by atoms with van der Waals surface area (Å²) in [6.45, 7) is 1.96. The Morgan fingerprint density at radius 3 is 2.37 bits per heavy atom. The molecule has 0 aliphatic carbocycles. The summed E-state index contributed by atoms with van der Waals surface area (Å²) in [5, 5.41) is 19.0. The second kappa shape index (κ2) is 5.57. The van der Waals surface area contributed by atoms with E-state index in [1.807, 2.05) is 13.0 Å². The summed E-state index contributed by atoms with van der Waals surface area (Å²) in [5.41, 5.74) is 2.39. The molecule has 2 aromatic carbocycles. The Balaban J connectivity index is 2.44. The molecule has 0 heterocycles. The predicted octanol–water partition coefficient (Wildman–Crippen LogP) is 4.19. The van der Waals surface area contributed by atoms with Crippen LogP contribution in [0.3, 0.4) is 0 Å². The summed E-state index contributed by atoms with van der Waals surface area (Å²) in [6.07, 6.45) is 2.55. The van der Waals surface area contributed by atoms with Gasteiger partial charge >= 0.3 is 0 Å². The maximum Gasteiger partial charge on any atom is 0.123 e. The number of benzene rings is 2. The normalized spacial score (nSPS) is 11.6. The zero-order valence-corrected chi connectivity index (χ0v) is 10.6. The van der Waals surface area contributed by atoms with Crippen molar-refractivity contribution in [2.45, 2.75) is 13.3 Å². The van der Waals surface area contributed by atoms with Crippen LogP contribution >= 0.6 is 0 Å². The molecule has 0 aliphatic heterocycles. The molecule has 0 aromatic heterocycles. The van der Waals surface area contributed by atoms with Crippen LogP contribution in [0.4, 0.5) is 4.39 Å². The third kappa shape index (κ3) is 3.35. The van der Waals surface area contributed by atoms with E-state index in [1.54, 1.807) is 24.3 Å². The van der Waals surface area contributed by atoms with Crippen LogP contribution in [0.1, 0.15) is 24.5 Å². The molecule has 0 unspecified atom stereocenters. The zero-order chi connectivity index (χ0) is 13.8. The third-order valence-corrected chi connectivity index (χ3v) is 2.84. The Labute approximate surface area is 111 Å². The van der Waals surface area contributed by atoms with Gasteiger partial charge in [0.1, 0.15) is 17.3 Å². The maximum absolute atomic E-state index is 13.1. The number of phenols is 2. The van der Waals surface area contributed by atoms with Gasteiger partial charge in [0, 0.05) is 6.07 Å². The summed E-state index contributed by atoms with van der Waals surface area (Å²) < 4.78 is 13.1. The van der Waals surface area contributed by atoms with Crippen LogP contribution in [0, 0.1) is 5.82 Å². The molecule has 98 valence electrons. The SMILES string of the molecule is CC/C(=C\c1cccc(F)c1)c1cc(O)cc(O)c1. The van der Waals surface area contributed by atoms with Gasteiger partial charge in [-0.05, 0) is 47.4 Å². The summed E-state index contributed by atoms with van der Waals surface area (Å²) in [4.78, 5) is 0. The lowest BCUT2D eigenvalue weighted by molar-refractivity contribution is 0.450. The molecule has 0 spiro atoms. The Bertz CT molecular complexity index is 598. The van der Waals surface area contributed by atoms with Gasteiger partial charge in [-0.2, -0.15) is 0 Å². The molecular weight excluding hydrogens is 243 g/mol. The molecule has 0 aliphatic rings. The first kappa shape index (κ1) is 13.1. The van der Waals surface area contributed by atoms with Crippen LogP contribution < -0.4 is 0 Å². The van der Waals surface area contributed by atoms with E-state index in [9.17, 15) is 14.6 Å². The average molecular weight is 258 g/mol. The van der Waals surface area contributed by atoms with Crippen LogP contribution in [-0.2, 0) is 0 Å². The molecule has 2 N–H and O–H groups in total. The van der Waals surface area contributed by atoms with Gasteiger partial charge in [-0.15, -0.1) is 0 Å². The number of aromatic hydroxyl groups is 2. The third-order valence-electron chi connectivity index (χ3n) is 2.84. The van der Waals surface area contributed by atoms with E-state index in [0.29, 0.717) is 6.42 Å². The molecule has 0 radical (unpaired) electrons. The highest BCUT2D eigenvalue weighted by atomic mass is 19.1. The standard InChI is InChI=1S/C16H15FO2/c1-2-12(6-11-4-3-5-14(17)7-11)13-8-15(18)10-16(19)9-13/h3-10,18-19H,2H2,1H3/b12-6+. The van der Waals surface area contributed by atoms with E-state index in [0.717, 1.165) is 16.7 Å². The number of allylic oxidation sites excluding steroid dienone is 1. The van der Waals surface area contributed by atoms with Crippen LogP contribution in [0.15, 0.2) is 42.5 Å². The summed E-state index contributed by atoms with van der Waals surface area (Å²) in [6, 6.07) is 10.7. The molecule has 2 aromatic rings. The Kier molecular flexibility index (Phi) is 3.85. The van der Waals surface area contributed by atoms with Gasteiger partial charge in [-0.1, -0.05) is 25.1 Å². The van der Waals surface area contributed by atoms with Gasteiger partial charge in [-0.25, -0.2) is 4.39 Å². The molecule has 2 nitrogen and oxygen atoms in total. The molecule has 0 bridgehead atoms. The summed E-state index contributed by atoms with van der Waals surface area (Å²) >= 11 is 0. The van der Waals surface area contributed by atoms with Gasteiger partial charge in [0.15, 0.2) is 0 Å². The van der Waals surface area contributed by atoms with Crippen LogP contribution in [-0.4, -0.2) is 10.2 Å². The van der Waals surface area contributed by atoms with Gasteiger partial charge in [0.05, 0.1) is 0 Å². The highest BCUT2D eigenvalue weighted by Gasteiger charge is 2.04. The summed E-state index contributed by atoms with van der Waals surface area (Å²) in [7, 11) is 0. The van der Waals surface area contributed by atoms with E-state index in [2.05, 4.69) is 0 Å². The lowest BCUT2D eigenvalue weighted by Gasteiger charge is -2.07. The van der Waals surface area contributed by atoms with Crippen molar-refractivity contribution in [2.24, 2.45) is 0 Å². The van der Waals surface area contributed by atoms with Gasteiger partial charge in [-0.3, -0.25) is 0 Å². The first-order valence-corrected chi connectivity index (χ1v) is 6.08. The number of halogens is 1. The van der Waals surface area contributed by atoms with Crippen molar-refractivity contribution >= 4 is 11.6 Å². The first-order valence-electron chi connectivity index (χ1n) is 6.08. The highest BCUT2D eigenvalue weighted by Crippen LogP contribution is 2.28. The fourth-order valence-corrected chi connectivity index (χ4v) is 1.97. The Hall–Kier alpha value is -2.29. The second-order valence-electron chi connectivity index (χ2n) is 4.32. The first-order chi connectivity index (χ1) is 9.08. The molecule has 0 atom stereocenters. The van der Waals surface area contributed by atoms with E-state index in [4.69, 9.17) is 0 Å². The molecule has 0 amide bonds. The van der Waals surface area contributed by atoms with E-state index < -0.39 is 0 Å². The Morgan fingerprint density at radius 2 is 1.79 bits per heavy atom. The van der Waals surface area contributed by atoms with Crippen LogP contribution in [0.25, 0.3) is 11.6 Å². The van der Waals surface area contributed by atoms with Crippen molar-refractivity contribution in [3.63, 3.8) is 0 Å². The Morgan fingerprint density at radius 1 is 1.11 bits per heavy atom. The topological polar surface area (TPSA) is 40.5 Å². The van der Waals surface area contributed by atoms with Crippen molar-refractivity contribution in [2.75, 3.05) is 0 Å². The number of rotatable bonds is 3. The van der Waals surface area contributed by atoms with E-state index in [1.165, 1.54) is 18.2 Å². The molecule has 19 heavy (non-hydrogen) atoms. The largest absolute Gasteiger partial charge is 0.508 e. The molecule has 2 rings (SSSR count). The molecular formula is C16H15FO2. The minimum absolute atomic E-state index is 0.00796. The number of phenolic OH excluding ortho intramolecular Hbond substituents is 2. The fraction of sp³-hybridized carbons (Fsp3) is 0.125. The van der Waals surface area contributed by atoms with E-state index >= 15 is 0 Å². The minimum atomic E-state index is -0.289. The highest BCUT2D eigenvalue weighted by molar-refractivity contribution is 5.82. The molecule has 0 saturated carbocycles. The van der Waals surface area contributed by atoms with Crippen molar-refractivity contribution in [1.82, 2.24) is 0 Å². The monoisotopic (exact) mass is 258 g/mol. The minimum Gasteiger partial charge on any atom is -0.508 e. The van der Waals surface area contributed by atoms with Crippen molar-refractivity contribution in [1.29, 1.82) is 0 Å². The summed E-state index contributed by atoms with van der Waals surface area (Å²) in [5.74, 6) is -0.273. The van der Waals surface area contributed by atoms with Crippen molar-refractivity contribution in [3.05, 3.63) is 59.4 Å². The maximum atomic E-state index is 13.1. The number of hydrogen-bond donors (Lipinski definition) is 2.